The minimum absolute atomic E-state index is 0.125. The summed E-state index contributed by atoms with van der Waals surface area (Å²) in [6, 6.07) is 6.27. The predicted octanol–water partition coefficient (Wildman–Crippen LogP) is 1.50. The first-order valence-electron chi connectivity index (χ1n) is 6.43. The first kappa shape index (κ1) is 12.9. The molecule has 4 heteroatoms. The van der Waals surface area contributed by atoms with Crippen LogP contribution in [0.3, 0.4) is 0 Å². The van der Waals surface area contributed by atoms with E-state index in [0.717, 1.165) is 25.3 Å². The summed E-state index contributed by atoms with van der Waals surface area (Å²) >= 11 is 0. The fourth-order valence-corrected chi connectivity index (χ4v) is 2.30. The highest BCUT2D eigenvalue weighted by atomic mass is 16.1. The van der Waals surface area contributed by atoms with E-state index >= 15 is 0 Å². The Morgan fingerprint density at radius 1 is 1.39 bits per heavy atom. The van der Waals surface area contributed by atoms with Gasteiger partial charge >= 0.3 is 0 Å². The van der Waals surface area contributed by atoms with Gasteiger partial charge in [0.05, 0.1) is 0 Å². The van der Waals surface area contributed by atoms with Gasteiger partial charge in [-0.15, -0.1) is 0 Å². The molecule has 0 unspecified atom stereocenters. The number of hydrogen-bond acceptors (Lipinski definition) is 3. The number of rotatable bonds is 4. The molecule has 4 nitrogen and oxygen atoms in total. The molecule has 98 valence electrons. The highest BCUT2D eigenvalue weighted by molar-refractivity contribution is 5.76. The Morgan fingerprint density at radius 3 is 2.83 bits per heavy atom. The maximum absolute atomic E-state index is 11.6. The Labute approximate surface area is 108 Å². The molecule has 0 fully saturated rings. The molecule has 0 aromatic heterocycles. The molecule has 1 aliphatic heterocycles. The van der Waals surface area contributed by atoms with E-state index in [-0.39, 0.29) is 11.9 Å². The quantitative estimate of drug-likeness (QED) is 0.793. The van der Waals surface area contributed by atoms with Gasteiger partial charge in [-0.25, -0.2) is 0 Å². The SMILES string of the molecule is CC(C)NC(=O)CCN1Cc2ccc(N)cc2C1. The summed E-state index contributed by atoms with van der Waals surface area (Å²) in [6.07, 6.45) is 0.557. The molecule has 1 aliphatic rings. The number of carbonyl (C=O) groups excluding carboxylic acids is 1. The Bertz CT molecular complexity index is 443. The second kappa shape index (κ2) is 5.40. The number of nitrogen functional groups attached to an aromatic ring is 1. The topological polar surface area (TPSA) is 58.4 Å². The second-order valence-electron chi connectivity index (χ2n) is 5.21. The molecule has 2 rings (SSSR count). The van der Waals surface area contributed by atoms with E-state index in [1.807, 2.05) is 26.0 Å². The lowest BCUT2D eigenvalue weighted by molar-refractivity contribution is -0.121. The van der Waals surface area contributed by atoms with Gasteiger partial charge in [0.15, 0.2) is 0 Å². The van der Waals surface area contributed by atoms with Crippen LogP contribution in [0.5, 0.6) is 0 Å². The number of fused-ring (bicyclic) bond motifs is 1. The van der Waals surface area contributed by atoms with E-state index in [4.69, 9.17) is 5.73 Å². The molecule has 18 heavy (non-hydrogen) atoms. The number of carbonyl (C=O) groups is 1. The van der Waals surface area contributed by atoms with Gasteiger partial charge in [0, 0.05) is 37.8 Å². The van der Waals surface area contributed by atoms with Crippen LogP contribution in [-0.4, -0.2) is 23.4 Å². The number of anilines is 1. The van der Waals surface area contributed by atoms with Crippen molar-refractivity contribution in [1.82, 2.24) is 10.2 Å². The van der Waals surface area contributed by atoms with E-state index < -0.39 is 0 Å². The average Bonchev–Trinajstić information content (AvgIpc) is 2.67. The molecule has 0 aliphatic carbocycles. The van der Waals surface area contributed by atoms with E-state index in [2.05, 4.69) is 16.3 Å². The zero-order valence-corrected chi connectivity index (χ0v) is 11.1. The normalized spacial score (nSPS) is 14.8. The van der Waals surface area contributed by atoms with Crippen molar-refractivity contribution >= 4 is 11.6 Å². The Morgan fingerprint density at radius 2 is 2.11 bits per heavy atom. The van der Waals surface area contributed by atoms with Crippen LogP contribution in [-0.2, 0) is 17.9 Å². The van der Waals surface area contributed by atoms with Crippen LogP contribution in [0.15, 0.2) is 18.2 Å². The monoisotopic (exact) mass is 247 g/mol. The summed E-state index contributed by atoms with van der Waals surface area (Å²) in [6.45, 7) is 6.58. The zero-order valence-electron chi connectivity index (χ0n) is 11.1. The molecule has 1 heterocycles. The molecule has 1 aromatic rings. The summed E-state index contributed by atoms with van der Waals surface area (Å²) in [5.41, 5.74) is 9.20. The third-order valence-corrected chi connectivity index (χ3v) is 3.12. The summed E-state index contributed by atoms with van der Waals surface area (Å²) < 4.78 is 0. The van der Waals surface area contributed by atoms with Crippen LogP contribution in [0, 0.1) is 0 Å². The minimum atomic E-state index is 0.125. The molecule has 0 bridgehead atoms. The van der Waals surface area contributed by atoms with E-state index in [1.54, 1.807) is 0 Å². The lowest BCUT2D eigenvalue weighted by atomic mass is 10.1. The van der Waals surface area contributed by atoms with Gasteiger partial charge in [0.25, 0.3) is 0 Å². The lowest BCUT2D eigenvalue weighted by Gasteiger charge is -2.15. The van der Waals surface area contributed by atoms with E-state index in [9.17, 15) is 4.79 Å². The molecule has 0 saturated heterocycles. The van der Waals surface area contributed by atoms with Crippen molar-refractivity contribution in [3.63, 3.8) is 0 Å². The van der Waals surface area contributed by atoms with Gasteiger partial charge in [-0.3, -0.25) is 9.69 Å². The summed E-state index contributed by atoms with van der Waals surface area (Å²) in [7, 11) is 0. The van der Waals surface area contributed by atoms with Gasteiger partial charge in [-0.05, 0) is 37.1 Å². The van der Waals surface area contributed by atoms with Crippen molar-refractivity contribution < 1.29 is 4.79 Å². The lowest BCUT2D eigenvalue weighted by Crippen LogP contribution is -2.32. The van der Waals surface area contributed by atoms with Gasteiger partial charge in [-0.1, -0.05) is 6.07 Å². The smallest absolute Gasteiger partial charge is 0.221 e. The number of hydrogen-bond donors (Lipinski definition) is 2. The summed E-state index contributed by atoms with van der Waals surface area (Å²) in [5.74, 6) is 0.125. The first-order valence-corrected chi connectivity index (χ1v) is 6.43. The van der Waals surface area contributed by atoms with Gasteiger partial charge in [0.2, 0.25) is 5.91 Å². The van der Waals surface area contributed by atoms with Gasteiger partial charge in [-0.2, -0.15) is 0 Å². The standard InChI is InChI=1S/C14H21N3O/c1-10(2)16-14(18)5-6-17-8-11-3-4-13(15)7-12(11)9-17/h3-4,7,10H,5-6,8-9,15H2,1-2H3,(H,16,18). The third kappa shape index (κ3) is 3.23. The van der Waals surface area contributed by atoms with Crippen molar-refractivity contribution in [1.29, 1.82) is 0 Å². The maximum atomic E-state index is 11.6. The number of nitrogens with zero attached hydrogens (tertiary/aromatic N) is 1. The predicted molar refractivity (Wildman–Crippen MR) is 72.9 cm³/mol. The number of nitrogens with one attached hydrogen (secondary N) is 1. The minimum Gasteiger partial charge on any atom is -0.399 e. The molecule has 3 N–H and O–H groups in total. The van der Waals surface area contributed by atoms with Crippen LogP contribution in [0.25, 0.3) is 0 Å². The van der Waals surface area contributed by atoms with Crippen LogP contribution in [0.4, 0.5) is 5.69 Å². The second-order valence-corrected chi connectivity index (χ2v) is 5.21. The molecule has 0 radical (unpaired) electrons. The Kier molecular flexibility index (Phi) is 3.87. The van der Waals surface area contributed by atoms with Crippen molar-refractivity contribution in [2.24, 2.45) is 0 Å². The fourth-order valence-electron chi connectivity index (χ4n) is 2.30. The number of amides is 1. The van der Waals surface area contributed by atoms with Crippen molar-refractivity contribution in [3.8, 4) is 0 Å². The molecule has 0 spiro atoms. The van der Waals surface area contributed by atoms with Crippen LogP contribution in [0.1, 0.15) is 31.4 Å². The highest BCUT2D eigenvalue weighted by Crippen LogP contribution is 2.24. The van der Waals surface area contributed by atoms with Gasteiger partial charge in [0.1, 0.15) is 0 Å². The molecule has 1 aromatic carbocycles. The molecular weight excluding hydrogens is 226 g/mol. The Hall–Kier alpha value is -1.55. The van der Waals surface area contributed by atoms with Crippen molar-refractivity contribution in [2.45, 2.75) is 39.4 Å². The fraction of sp³-hybridized carbons (Fsp3) is 0.500. The van der Waals surface area contributed by atoms with Crippen LogP contribution < -0.4 is 11.1 Å². The van der Waals surface area contributed by atoms with Crippen molar-refractivity contribution in [2.75, 3.05) is 12.3 Å². The average molecular weight is 247 g/mol. The highest BCUT2D eigenvalue weighted by Gasteiger charge is 2.19. The van der Waals surface area contributed by atoms with E-state index in [1.165, 1.54) is 11.1 Å². The third-order valence-electron chi connectivity index (χ3n) is 3.12. The maximum Gasteiger partial charge on any atom is 0.221 e. The van der Waals surface area contributed by atoms with Crippen LogP contribution >= 0.6 is 0 Å². The van der Waals surface area contributed by atoms with Gasteiger partial charge < -0.3 is 11.1 Å². The zero-order chi connectivity index (χ0) is 13.1. The van der Waals surface area contributed by atoms with Crippen LogP contribution in [0.2, 0.25) is 0 Å². The summed E-state index contributed by atoms with van der Waals surface area (Å²) in [5, 5.41) is 2.91. The Balaban J connectivity index is 1.83. The largest absolute Gasteiger partial charge is 0.399 e. The van der Waals surface area contributed by atoms with E-state index in [0.29, 0.717) is 6.42 Å². The molecule has 0 atom stereocenters. The van der Waals surface area contributed by atoms with Crippen molar-refractivity contribution in [3.05, 3.63) is 29.3 Å². The molecule has 0 saturated carbocycles. The molecule has 1 amide bonds. The first-order chi connectivity index (χ1) is 8.54. The number of nitrogens with two attached hydrogens (primary N) is 1. The molecular formula is C14H21N3O. The number of benzene rings is 1. The summed E-state index contributed by atoms with van der Waals surface area (Å²) in [4.78, 5) is 13.9.